The molecule has 0 fully saturated rings. The molecule has 1 aliphatic carbocycles. The van der Waals surface area contributed by atoms with Gasteiger partial charge in [0.15, 0.2) is 11.5 Å². The van der Waals surface area contributed by atoms with Crippen molar-refractivity contribution in [2.45, 2.75) is 46.6 Å². The summed E-state index contributed by atoms with van der Waals surface area (Å²) in [7, 11) is 0. The minimum atomic E-state index is -0.442. The van der Waals surface area contributed by atoms with E-state index >= 15 is 0 Å². The number of ketones is 1. The fourth-order valence-corrected chi connectivity index (χ4v) is 3.14. The van der Waals surface area contributed by atoms with Gasteiger partial charge in [-0.1, -0.05) is 18.2 Å². The number of esters is 1. The standard InChI is InChI=1S/C19H22N2O3/c1-4-24-19(23)17-15-6-5-7-16(22)18(15)21(20-17)11-14-9-8-12(2)13(3)10-14/h8-10H,4-7,11H2,1-3H3. The van der Waals surface area contributed by atoms with E-state index in [1.807, 2.05) is 6.07 Å². The minimum Gasteiger partial charge on any atom is -0.461 e. The van der Waals surface area contributed by atoms with E-state index in [1.165, 1.54) is 11.1 Å². The van der Waals surface area contributed by atoms with E-state index in [-0.39, 0.29) is 5.78 Å². The van der Waals surface area contributed by atoms with Crippen LogP contribution in [0.1, 0.15) is 63.0 Å². The van der Waals surface area contributed by atoms with Gasteiger partial charge in [-0.3, -0.25) is 9.48 Å². The first-order valence-corrected chi connectivity index (χ1v) is 8.37. The number of carbonyl (C=O) groups excluding carboxylic acids is 2. The quantitative estimate of drug-likeness (QED) is 0.809. The average molecular weight is 326 g/mol. The van der Waals surface area contributed by atoms with Crippen molar-refractivity contribution < 1.29 is 14.3 Å². The molecule has 126 valence electrons. The number of fused-ring (bicyclic) bond motifs is 1. The number of nitrogens with zero attached hydrogens (tertiary/aromatic N) is 2. The molecule has 0 radical (unpaired) electrons. The number of aryl methyl sites for hydroxylation is 2. The van der Waals surface area contributed by atoms with E-state index in [0.29, 0.717) is 37.4 Å². The first-order valence-electron chi connectivity index (χ1n) is 8.37. The van der Waals surface area contributed by atoms with Gasteiger partial charge in [-0.15, -0.1) is 0 Å². The molecule has 2 aromatic rings. The maximum Gasteiger partial charge on any atom is 0.359 e. The lowest BCUT2D eigenvalue weighted by Crippen LogP contribution is -2.17. The largest absolute Gasteiger partial charge is 0.461 e. The Labute approximate surface area is 141 Å². The Morgan fingerprint density at radius 3 is 2.75 bits per heavy atom. The molecule has 0 N–H and O–H groups in total. The Morgan fingerprint density at radius 2 is 2.04 bits per heavy atom. The average Bonchev–Trinajstić information content (AvgIpc) is 2.91. The molecule has 0 saturated heterocycles. The number of aromatic nitrogens is 2. The van der Waals surface area contributed by atoms with Crippen molar-refractivity contribution in [1.29, 1.82) is 0 Å². The second kappa shape index (κ2) is 6.59. The van der Waals surface area contributed by atoms with E-state index in [9.17, 15) is 9.59 Å². The summed E-state index contributed by atoms with van der Waals surface area (Å²) in [6.45, 7) is 6.67. The van der Waals surface area contributed by atoms with Crippen LogP contribution < -0.4 is 0 Å². The van der Waals surface area contributed by atoms with E-state index in [2.05, 4.69) is 31.1 Å². The first-order chi connectivity index (χ1) is 11.5. The molecule has 0 unspecified atom stereocenters. The van der Waals surface area contributed by atoms with Crippen molar-refractivity contribution in [3.8, 4) is 0 Å². The van der Waals surface area contributed by atoms with Crippen LogP contribution in [0, 0.1) is 13.8 Å². The molecule has 1 aliphatic rings. The van der Waals surface area contributed by atoms with Crippen molar-refractivity contribution in [3.63, 3.8) is 0 Å². The zero-order chi connectivity index (χ0) is 17.3. The van der Waals surface area contributed by atoms with Crippen LogP contribution in [-0.2, 0) is 17.7 Å². The molecule has 1 aromatic carbocycles. The summed E-state index contributed by atoms with van der Waals surface area (Å²) < 4.78 is 6.78. The van der Waals surface area contributed by atoms with Gasteiger partial charge in [0.2, 0.25) is 0 Å². The van der Waals surface area contributed by atoms with Crippen LogP contribution in [0.25, 0.3) is 0 Å². The van der Waals surface area contributed by atoms with Crippen LogP contribution >= 0.6 is 0 Å². The third kappa shape index (κ3) is 2.98. The van der Waals surface area contributed by atoms with Crippen LogP contribution in [0.15, 0.2) is 18.2 Å². The molecule has 0 spiro atoms. The van der Waals surface area contributed by atoms with Crippen LogP contribution in [0.2, 0.25) is 0 Å². The normalized spacial score (nSPS) is 13.7. The fraction of sp³-hybridized carbons (Fsp3) is 0.421. The van der Waals surface area contributed by atoms with Crippen molar-refractivity contribution in [3.05, 3.63) is 51.8 Å². The lowest BCUT2D eigenvalue weighted by Gasteiger charge is -2.13. The smallest absolute Gasteiger partial charge is 0.359 e. The molecule has 0 saturated carbocycles. The van der Waals surface area contributed by atoms with Gasteiger partial charge in [-0.05, 0) is 50.3 Å². The zero-order valence-electron chi connectivity index (χ0n) is 14.4. The molecular weight excluding hydrogens is 304 g/mol. The Morgan fingerprint density at radius 1 is 1.25 bits per heavy atom. The monoisotopic (exact) mass is 326 g/mol. The second-order valence-electron chi connectivity index (χ2n) is 6.25. The number of benzene rings is 1. The summed E-state index contributed by atoms with van der Waals surface area (Å²) in [6, 6.07) is 6.20. The molecule has 0 bridgehead atoms. The Kier molecular flexibility index (Phi) is 4.51. The molecule has 3 rings (SSSR count). The van der Waals surface area contributed by atoms with Gasteiger partial charge in [-0.25, -0.2) is 4.79 Å². The van der Waals surface area contributed by atoms with E-state index < -0.39 is 5.97 Å². The molecule has 5 nitrogen and oxygen atoms in total. The Hall–Kier alpha value is -2.43. The highest BCUT2D eigenvalue weighted by Gasteiger charge is 2.30. The number of Topliss-reactive ketones (excluding diaryl/α,β-unsaturated/α-hetero) is 1. The van der Waals surface area contributed by atoms with Gasteiger partial charge >= 0.3 is 5.97 Å². The van der Waals surface area contributed by atoms with Gasteiger partial charge in [0.05, 0.1) is 13.2 Å². The van der Waals surface area contributed by atoms with Crippen LogP contribution in [-0.4, -0.2) is 28.1 Å². The predicted octanol–water partition coefficient (Wildman–Crippen LogP) is 3.24. The van der Waals surface area contributed by atoms with Gasteiger partial charge in [0.25, 0.3) is 0 Å². The van der Waals surface area contributed by atoms with Gasteiger partial charge in [0, 0.05) is 12.0 Å². The highest BCUT2D eigenvalue weighted by atomic mass is 16.5. The summed E-state index contributed by atoms with van der Waals surface area (Å²) in [5.74, 6) is -0.384. The molecule has 1 aromatic heterocycles. The molecule has 0 aliphatic heterocycles. The summed E-state index contributed by atoms with van der Waals surface area (Å²) in [6.07, 6.45) is 1.96. The molecule has 0 atom stereocenters. The lowest BCUT2D eigenvalue weighted by atomic mass is 9.94. The lowest BCUT2D eigenvalue weighted by molar-refractivity contribution is 0.0517. The van der Waals surface area contributed by atoms with Gasteiger partial charge in [-0.2, -0.15) is 5.10 Å². The van der Waals surface area contributed by atoms with E-state index in [0.717, 1.165) is 17.5 Å². The van der Waals surface area contributed by atoms with E-state index in [4.69, 9.17) is 4.74 Å². The van der Waals surface area contributed by atoms with Crippen molar-refractivity contribution in [1.82, 2.24) is 9.78 Å². The molecule has 0 amide bonds. The van der Waals surface area contributed by atoms with Crippen molar-refractivity contribution in [2.75, 3.05) is 6.61 Å². The maximum atomic E-state index is 12.4. The summed E-state index contributed by atoms with van der Waals surface area (Å²) in [5.41, 5.74) is 5.10. The molecule has 5 heteroatoms. The van der Waals surface area contributed by atoms with Gasteiger partial charge in [0.1, 0.15) is 5.69 Å². The van der Waals surface area contributed by atoms with Gasteiger partial charge < -0.3 is 4.74 Å². The van der Waals surface area contributed by atoms with Crippen molar-refractivity contribution in [2.24, 2.45) is 0 Å². The topological polar surface area (TPSA) is 61.2 Å². The number of ether oxygens (including phenoxy) is 1. The number of hydrogen-bond donors (Lipinski definition) is 0. The summed E-state index contributed by atoms with van der Waals surface area (Å²) in [5, 5.41) is 4.43. The van der Waals surface area contributed by atoms with Crippen LogP contribution in [0.3, 0.4) is 0 Å². The number of hydrogen-bond acceptors (Lipinski definition) is 4. The number of rotatable bonds is 4. The van der Waals surface area contributed by atoms with E-state index in [1.54, 1.807) is 11.6 Å². The van der Waals surface area contributed by atoms with Crippen LogP contribution in [0.4, 0.5) is 0 Å². The second-order valence-corrected chi connectivity index (χ2v) is 6.25. The SMILES string of the molecule is CCOC(=O)c1nn(Cc2ccc(C)c(C)c2)c2c1CCCC2=O. The molecule has 1 heterocycles. The Bertz CT molecular complexity index is 805. The maximum absolute atomic E-state index is 12.4. The van der Waals surface area contributed by atoms with Crippen molar-refractivity contribution >= 4 is 11.8 Å². The summed E-state index contributed by atoms with van der Waals surface area (Å²) in [4.78, 5) is 24.6. The zero-order valence-corrected chi connectivity index (χ0v) is 14.4. The highest BCUT2D eigenvalue weighted by Crippen LogP contribution is 2.26. The fourth-order valence-electron chi connectivity index (χ4n) is 3.14. The molecular formula is C19H22N2O3. The number of carbonyl (C=O) groups is 2. The third-order valence-electron chi connectivity index (χ3n) is 4.52. The predicted molar refractivity (Wildman–Crippen MR) is 90.5 cm³/mol. The minimum absolute atomic E-state index is 0.0585. The third-order valence-corrected chi connectivity index (χ3v) is 4.52. The molecule has 24 heavy (non-hydrogen) atoms. The first kappa shape index (κ1) is 16.4. The highest BCUT2D eigenvalue weighted by molar-refractivity contribution is 6.00. The van der Waals surface area contributed by atoms with Crippen LogP contribution in [0.5, 0.6) is 0 Å². The summed E-state index contributed by atoms with van der Waals surface area (Å²) >= 11 is 0. The Balaban J connectivity index is 2.02.